The van der Waals surface area contributed by atoms with Crippen molar-refractivity contribution in [3.63, 3.8) is 0 Å². The quantitative estimate of drug-likeness (QED) is 0.730. The Bertz CT molecular complexity index is 456. The van der Waals surface area contributed by atoms with Gasteiger partial charge in [-0.1, -0.05) is 35.2 Å². The summed E-state index contributed by atoms with van der Waals surface area (Å²) in [6.45, 7) is 1.46. The molecule has 0 bridgehead atoms. The maximum Gasteiger partial charge on any atom is 0.186 e. The number of benzene rings is 1. The molecule has 0 unspecified atom stereocenters. The van der Waals surface area contributed by atoms with Gasteiger partial charge in [0.15, 0.2) is 5.12 Å². The molecule has 1 rings (SSSR count). The zero-order chi connectivity index (χ0) is 12.1. The minimum Gasteiger partial charge on any atom is -0.288 e. The van der Waals surface area contributed by atoms with Crippen LogP contribution in [0.5, 0.6) is 0 Å². The maximum atomic E-state index is 13.4. The Morgan fingerprint density at radius 2 is 2.31 bits per heavy atom. The second-order valence-electron chi connectivity index (χ2n) is 2.83. The number of halogens is 3. The third-order valence-electron chi connectivity index (χ3n) is 1.57. The lowest BCUT2D eigenvalue weighted by Gasteiger charge is -1.99. The summed E-state index contributed by atoms with van der Waals surface area (Å²) in [7, 11) is 0. The van der Waals surface area contributed by atoms with Crippen LogP contribution in [-0.4, -0.2) is 10.9 Å². The maximum absolute atomic E-state index is 13.4. The molecule has 1 nitrogen and oxygen atoms in total. The van der Waals surface area contributed by atoms with E-state index in [1.54, 1.807) is 6.07 Å². The fraction of sp³-hybridized carbons (Fsp3) is 0.182. The molecule has 0 aliphatic heterocycles. The highest BCUT2D eigenvalue weighted by Gasteiger charge is 2.05. The minimum atomic E-state index is -0.472. The van der Waals surface area contributed by atoms with E-state index in [2.05, 4.69) is 27.8 Å². The number of hydrogen-bond acceptors (Lipinski definition) is 2. The Labute approximate surface area is 111 Å². The lowest BCUT2D eigenvalue weighted by atomic mass is 10.2. The average molecular weight is 322 g/mol. The molecular formula is C11H7BrClFOS. The molecule has 0 aliphatic carbocycles. The highest BCUT2D eigenvalue weighted by Crippen LogP contribution is 2.23. The van der Waals surface area contributed by atoms with Crippen molar-refractivity contribution in [3.8, 4) is 11.8 Å². The predicted octanol–water partition coefficient (Wildman–Crippen LogP) is 3.87. The first-order chi connectivity index (χ1) is 7.50. The molecule has 0 N–H and O–H groups in total. The van der Waals surface area contributed by atoms with Crippen LogP contribution < -0.4 is 0 Å². The molecule has 0 aromatic heterocycles. The molecule has 5 heteroatoms. The highest BCUT2D eigenvalue weighted by atomic mass is 79.9. The van der Waals surface area contributed by atoms with Gasteiger partial charge < -0.3 is 0 Å². The summed E-state index contributed by atoms with van der Waals surface area (Å²) in [6.07, 6.45) is 0. The van der Waals surface area contributed by atoms with Gasteiger partial charge in [0.25, 0.3) is 0 Å². The first-order valence-corrected chi connectivity index (χ1v) is 6.43. The van der Waals surface area contributed by atoms with E-state index in [1.165, 1.54) is 13.0 Å². The predicted molar refractivity (Wildman–Crippen MR) is 69.1 cm³/mol. The highest BCUT2D eigenvalue weighted by molar-refractivity contribution is 9.10. The number of carbonyl (C=O) groups excluding carboxylic acids is 1. The van der Waals surface area contributed by atoms with E-state index in [9.17, 15) is 9.18 Å². The summed E-state index contributed by atoms with van der Waals surface area (Å²) in [5.41, 5.74) is 0.258. The minimum absolute atomic E-state index is 0.00931. The second-order valence-corrected chi connectivity index (χ2v) is 5.27. The van der Waals surface area contributed by atoms with Crippen LogP contribution in [0, 0.1) is 17.7 Å². The fourth-order valence-electron chi connectivity index (χ4n) is 0.924. The molecule has 0 radical (unpaired) electrons. The fourth-order valence-corrected chi connectivity index (χ4v) is 2.14. The van der Waals surface area contributed by atoms with E-state index < -0.39 is 5.82 Å². The van der Waals surface area contributed by atoms with Crippen LogP contribution in [0.1, 0.15) is 12.5 Å². The van der Waals surface area contributed by atoms with Crippen LogP contribution >= 0.6 is 39.3 Å². The molecule has 1 aromatic rings. The molecular weight excluding hydrogens is 315 g/mol. The van der Waals surface area contributed by atoms with E-state index >= 15 is 0 Å². The Kier molecular flexibility index (Phi) is 5.33. The molecule has 0 aliphatic rings. The van der Waals surface area contributed by atoms with Crippen LogP contribution in [0.4, 0.5) is 4.39 Å². The molecule has 0 saturated carbocycles. The smallest absolute Gasteiger partial charge is 0.186 e. The Balaban J connectivity index is 2.84. The van der Waals surface area contributed by atoms with Gasteiger partial charge in [0, 0.05) is 16.4 Å². The van der Waals surface area contributed by atoms with Crippen molar-refractivity contribution in [1.82, 2.24) is 0 Å². The third-order valence-corrected chi connectivity index (χ3v) is 3.11. The van der Waals surface area contributed by atoms with Crippen molar-refractivity contribution in [3.05, 3.63) is 33.0 Å². The number of rotatable bonds is 1. The summed E-state index contributed by atoms with van der Waals surface area (Å²) in [4.78, 5) is 10.6. The lowest BCUT2D eigenvalue weighted by molar-refractivity contribution is -0.109. The second kappa shape index (κ2) is 6.29. The standard InChI is InChI=1S/C11H7BrClFOS/c1-7(15)16-4-2-3-9-10(12)5-8(13)6-11(9)14/h5-6H,4H2,1H3. The molecule has 1 aromatic carbocycles. The van der Waals surface area contributed by atoms with Crippen LogP contribution in [0.2, 0.25) is 5.02 Å². The zero-order valence-corrected chi connectivity index (χ0v) is 11.5. The summed E-state index contributed by atoms with van der Waals surface area (Å²) < 4.78 is 13.9. The number of hydrogen-bond donors (Lipinski definition) is 0. The Morgan fingerprint density at radius 1 is 1.62 bits per heavy atom. The van der Waals surface area contributed by atoms with Crippen molar-refractivity contribution < 1.29 is 9.18 Å². The van der Waals surface area contributed by atoms with Gasteiger partial charge in [-0.15, -0.1) is 0 Å². The van der Waals surface area contributed by atoms with Gasteiger partial charge in [0.05, 0.1) is 11.3 Å². The first kappa shape index (κ1) is 13.6. The van der Waals surface area contributed by atoms with Crippen molar-refractivity contribution in [2.45, 2.75) is 6.92 Å². The van der Waals surface area contributed by atoms with Gasteiger partial charge >= 0.3 is 0 Å². The molecule has 0 saturated heterocycles. The van der Waals surface area contributed by atoms with Gasteiger partial charge in [-0.25, -0.2) is 4.39 Å². The largest absolute Gasteiger partial charge is 0.288 e. The van der Waals surface area contributed by atoms with Crippen LogP contribution in [0.25, 0.3) is 0 Å². The van der Waals surface area contributed by atoms with Crippen LogP contribution in [-0.2, 0) is 4.79 Å². The average Bonchev–Trinajstić information content (AvgIpc) is 2.14. The molecule has 0 spiro atoms. The van der Waals surface area contributed by atoms with Crippen molar-refractivity contribution >= 4 is 44.4 Å². The summed E-state index contributed by atoms with van der Waals surface area (Å²) in [5, 5.41) is 0.304. The van der Waals surface area contributed by atoms with Crippen molar-refractivity contribution in [2.75, 3.05) is 5.75 Å². The zero-order valence-electron chi connectivity index (χ0n) is 8.31. The molecule has 0 amide bonds. The topological polar surface area (TPSA) is 17.1 Å². The van der Waals surface area contributed by atoms with E-state index in [0.29, 0.717) is 15.2 Å². The van der Waals surface area contributed by atoms with Crippen molar-refractivity contribution in [1.29, 1.82) is 0 Å². The number of carbonyl (C=O) groups is 1. The molecule has 0 atom stereocenters. The third kappa shape index (κ3) is 4.17. The van der Waals surface area contributed by atoms with Gasteiger partial charge in [-0.3, -0.25) is 4.79 Å². The normalized spacial score (nSPS) is 9.50. The molecule has 0 fully saturated rings. The lowest BCUT2D eigenvalue weighted by Crippen LogP contribution is -1.87. The summed E-state index contributed by atoms with van der Waals surface area (Å²) in [6, 6.07) is 2.78. The van der Waals surface area contributed by atoms with Gasteiger partial charge in [0.1, 0.15) is 5.82 Å². The van der Waals surface area contributed by atoms with Gasteiger partial charge in [0.2, 0.25) is 0 Å². The van der Waals surface area contributed by atoms with Gasteiger partial charge in [-0.2, -0.15) is 0 Å². The van der Waals surface area contributed by atoms with E-state index in [-0.39, 0.29) is 10.7 Å². The summed E-state index contributed by atoms with van der Waals surface area (Å²) >= 11 is 9.93. The van der Waals surface area contributed by atoms with Crippen molar-refractivity contribution in [2.24, 2.45) is 0 Å². The monoisotopic (exact) mass is 320 g/mol. The Hall–Kier alpha value is -0.500. The first-order valence-electron chi connectivity index (χ1n) is 4.27. The molecule has 84 valence electrons. The van der Waals surface area contributed by atoms with Crippen LogP contribution in [0.3, 0.4) is 0 Å². The van der Waals surface area contributed by atoms with E-state index in [4.69, 9.17) is 11.6 Å². The molecule has 0 heterocycles. The van der Waals surface area contributed by atoms with Crippen LogP contribution in [0.15, 0.2) is 16.6 Å². The van der Waals surface area contributed by atoms with E-state index in [0.717, 1.165) is 11.8 Å². The summed E-state index contributed by atoms with van der Waals surface area (Å²) in [5.74, 6) is 5.25. The Morgan fingerprint density at radius 3 is 2.88 bits per heavy atom. The SMILES string of the molecule is CC(=O)SCC#Cc1c(F)cc(Cl)cc1Br. The van der Waals surface area contributed by atoms with Gasteiger partial charge in [-0.05, 0) is 28.1 Å². The van der Waals surface area contributed by atoms with E-state index in [1.807, 2.05) is 0 Å². The number of thioether (sulfide) groups is 1. The molecule has 16 heavy (non-hydrogen) atoms.